The van der Waals surface area contributed by atoms with Crippen molar-refractivity contribution >= 4 is 50.2 Å². The largest absolute Gasteiger partial charge is 0.325 e. The standard InChI is InChI=1S/C20H20BrN3O2S/c1-3-10-24-19(26)15-11-14(21)8-9-17(15)23-20(24)27-12-18(25)22-16-7-5-4-6-13(16)2/h4-9,11H,3,10,12H2,1-2H3,(H,22,25). The third kappa shape index (κ3) is 4.59. The summed E-state index contributed by atoms with van der Waals surface area (Å²) < 4.78 is 2.50. The number of nitrogens with zero attached hydrogens (tertiary/aromatic N) is 2. The maximum Gasteiger partial charge on any atom is 0.262 e. The molecule has 1 aromatic heterocycles. The molecule has 3 rings (SSSR count). The number of hydrogen-bond donors (Lipinski definition) is 1. The van der Waals surface area contributed by atoms with Crippen molar-refractivity contribution in [3.8, 4) is 0 Å². The normalized spacial score (nSPS) is 10.9. The van der Waals surface area contributed by atoms with Gasteiger partial charge >= 0.3 is 0 Å². The molecule has 140 valence electrons. The molecule has 1 amide bonds. The summed E-state index contributed by atoms with van der Waals surface area (Å²) >= 11 is 4.68. The lowest BCUT2D eigenvalue weighted by molar-refractivity contribution is -0.113. The molecule has 27 heavy (non-hydrogen) atoms. The Balaban J connectivity index is 1.84. The number of amides is 1. The lowest BCUT2D eigenvalue weighted by Crippen LogP contribution is -2.24. The van der Waals surface area contributed by atoms with Crippen LogP contribution in [0.5, 0.6) is 0 Å². The van der Waals surface area contributed by atoms with Crippen LogP contribution in [0.4, 0.5) is 5.69 Å². The van der Waals surface area contributed by atoms with Gasteiger partial charge in [-0.15, -0.1) is 0 Å². The monoisotopic (exact) mass is 445 g/mol. The summed E-state index contributed by atoms with van der Waals surface area (Å²) in [7, 11) is 0. The molecule has 7 heteroatoms. The molecular weight excluding hydrogens is 426 g/mol. The number of benzene rings is 2. The Hall–Kier alpha value is -2.12. The summed E-state index contributed by atoms with van der Waals surface area (Å²) in [4.78, 5) is 29.8. The van der Waals surface area contributed by atoms with Crippen LogP contribution in [-0.2, 0) is 11.3 Å². The Morgan fingerprint density at radius 3 is 2.78 bits per heavy atom. The van der Waals surface area contributed by atoms with E-state index < -0.39 is 0 Å². The van der Waals surface area contributed by atoms with E-state index in [0.29, 0.717) is 22.6 Å². The fourth-order valence-electron chi connectivity index (χ4n) is 2.73. The third-order valence-electron chi connectivity index (χ3n) is 4.08. The molecule has 0 fully saturated rings. The summed E-state index contributed by atoms with van der Waals surface area (Å²) in [5.74, 6) is 0.0643. The van der Waals surface area contributed by atoms with Crippen molar-refractivity contribution in [2.45, 2.75) is 32.0 Å². The van der Waals surface area contributed by atoms with Gasteiger partial charge in [-0.1, -0.05) is 52.8 Å². The lowest BCUT2D eigenvalue weighted by atomic mass is 10.2. The van der Waals surface area contributed by atoms with Crippen molar-refractivity contribution in [2.75, 3.05) is 11.1 Å². The smallest absolute Gasteiger partial charge is 0.262 e. The molecule has 0 saturated heterocycles. The van der Waals surface area contributed by atoms with Gasteiger partial charge < -0.3 is 5.32 Å². The van der Waals surface area contributed by atoms with Crippen molar-refractivity contribution in [3.05, 3.63) is 62.9 Å². The second-order valence-corrected chi connectivity index (χ2v) is 8.02. The molecule has 0 saturated carbocycles. The highest BCUT2D eigenvalue weighted by Crippen LogP contribution is 2.21. The van der Waals surface area contributed by atoms with Gasteiger partial charge in [0.1, 0.15) is 0 Å². The second-order valence-electron chi connectivity index (χ2n) is 6.16. The maximum absolute atomic E-state index is 12.9. The fourth-order valence-corrected chi connectivity index (χ4v) is 3.92. The van der Waals surface area contributed by atoms with E-state index >= 15 is 0 Å². The van der Waals surface area contributed by atoms with E-state index in [1.165, 1.54) is 11.8 Å². The van der Waals surface area contributed by atoms with Gasteiger partial charge in [0.05, 0.1) is 16.7 Å². The molecule has 0 radical (unpaired) electrons. The number of aryl methyl sites for hydroxylation is 1. The van der Waals surface area contributed by atoms with E-state index in [1.54, 1.807) is 10.6 Å². The van der Waals surface area contributed by atoms with E-state index in [9.17, 15) is 9.59 Å². The number of para-hydroxylation sites is 1. The van der Waals surface area contributed by atoms with Crippen LogP contribution in [0.25, 0.3) is 10.9 Å². The van der Waals surface area contributed by atoms with Crippen LogP contribution in [0.3, 0.4) is 0 Å². The van der Waals surface area contributed by atoms with Crippen LogP contribution < -0.4 is 10.9 Å². The van der Waals surface area contributed by atoms with Crippen molar-refractivity contribution in [1.82, 2.24) is 9.55 Å². The zero-order chi connectivity index (χ0) is 19.4. The summed E-state index contributed by atoms with van der Waals surface area (Å²) in [5, 5.41) is 4.05. The Bertz CT molecular complexity index is 1050. The van der Waals surface area contributed by atoms with Crippen molar-refractivity contribution < 1.29 is 4.79 Å². The Labute approximate surface area is 170 Å². The molecule has 0 bridgehead atoms. The Morgan fingerprint density at radius 1 is 1.26 bits per heavy atom. The molecular formula is C20H20BrN3O2S. The molecule has 3 aromatic rings. The Kier molecular flexibility index (Phi) is 6.34. The zero-order valence-corrected chi connectivity index (χ0v) is 17.6. The van der Waals surface area contributed by atoms with Gasteiger partial charge in [-0.25, -0.2) is 4.98 Å². The summed E-state index contributed by atoms with van der Waals surface area (Å²) in [5.41, 5.74) is 2.36. The Morgan fingerprint density at radius 2 is 2.04 bits per heavy atom. The average molecular weight is 446 g/mol. The minimum atomic E-state index is -0.123. The van der Waals surface area contributed by atoms with Crippen LogP contribution in [0.1, 0.15) is 18.9 Å². The van der Waals surface area contributed by atoms with E-state index in [0.717, 1.165) is 22.1 Å². The number of nitrogens with one attached hydrogen (secondary N) is 1. The van der Waals surface area contributed by atoms with E-state index in [1.807, 2.05) is 50.2 Å². The lowest BCUT2D eigenvalue weighted by Gasteiger charge is -2.13. The maximum atomic E-state index is 12.9. The molecule has 0 aliphatic rings. The zero-order valence-electron chi connectivity index (χ0n) is 15.2. The second kappa shape index (κ2) is 8.71. The van der Waals surface area contributed by atoms with Gasteiger partial charge in [0.2, 0.25) is 5.91 Å². The predicted octanol–water partition coefficient (Wildman–Crippen LogP) is 4.61. The van der Waals surface area contributed by atoms with Crippen molar-refractivity contribution in [1.29, 1.82) is 0 Å². The van der Waals surface area contributed by atoms with Crippen LogP contribution >= 0.6 is 27.7 Å². The molecule has 1 heterocycles. The quantitative estimate of drug-likeness (QED) is 0.444. The van der Waals surface area contributed by atoms with Crippen LogP contribution in [-0.4, -0.2) is 21.2 Å². The highest BCUT2D eigenvalue weighted by Gasteiger charge is 2.13. The highest BCUT2D eigenvalue weighted by atomic mass is 79.9. The van der Waals surface area contributed by atoms with Gasteiger partial charge in [0.15, 0.2) is 5.16 Å². The van der Waals surface area contributed by atoms with Gasteiger partial charge in [0, 0.05) is 16.7 Å². The molecule has 2 aromatic carbocycles. The summed E-state index contributed by atoms with van der Waals surface area (Å²) in [6.07, 6.45) is 0.810. The van der Waals surface area contributed by atoms with E-state index in [2.05, 4.69) is 26.2 Å². The molecule has 0 spiro atoms. The first-order chi connectivity index (χ1) is 13.0. The first kappa shape index (κ1) is 19.6. The molecule has 0 aliphatic carbocycles. The average Bonchev–Trinajstić information content (AvgIpc) is 2.65. The number of carbonyl (C=O) groups is 1. The first-order valence-electron chi connectivity index (χ1n) is 8.68. The first-order valence-corrected chi connectivity index (χ1v) is 10.5. The number of carbonyl (C=O) groups excluding carboxylic acids is 1. The SMILES string of the molecule is CCCn1c(SCC(=O)Nc2ccccc2C)nc2ccc(Br)cc2c1=O. The molecule has 0 unspecified atom stereocenters. The molecule has 0 atom stereocenters. The minimum Gasteiger partial charge on any atom is -0.325 e. The summed E-state index contributed by atoms with van der Waals surface area (Å²) in [6.45, 7) is 4.53. The predicted molar refractivity (Wildman–Crippen MR) is 115 cm³/mol. The van der Waals surface area contributed by atoms with Gasteiger partial charge in [-0.2, -0.15) is 0 Å². The summed E-state index contributed by atoms with van der Waals surface area (Å²) in [6, 6.07) is 13.1. The van der Waals surface area contributed by atoms with Crippen molar-refractivity contribution in [2.24, 2.45) is 0 Å². The van der Waals surface area contributed by atoms with Gasteiger partial charge in [-0.05, 0) is 43.2 Å². The van der Waals surface area contributed by atoms with E-state index in [4.69, 9.17) is 0 Å². The molecule has 1 N–H and O–H groups in total. The topological polar surface area (TPSA) is 64.0 Å². The number of anilines is 1. The van der Waals surface area contributed by atoms with E-state index in [-0.39, 0.29) is 17.2 Å². The third-order valence-corrected chi connectivity index (χ3v) is 5.55. The number of halogens is 1. The number of hydrogen-bond acceptors (Lipinski definition) is 4. The molecule has 0 aliphatic heterocycles. The number of thioether (sulfide) groups is 1. The number of rotatable bonds is 6. The number of fused-ring (bicyclic) bond motifs is 1. The van der Waals surface area contributed by atoms with Crippen LogP contribution in [0.15, 0.2) is 56.9 Å². The van der Waals surface area contributed by atoms with Crippen molar-refractivity contribution in [3.63, 3.8) is 0 Å². The highest BCUT2D eigenvalue weighted by molar-refractivity contribution is 9.10. The van der Waals surface area contributed by atoms with Crippen LogP contribution in [0.2, 0.25) is 0 Å². The van der Waals surface area contributed by atoms with Gasteiger partial charge in [-0.3, -0.25) is 14.2 Å². The minimum absolute atomic E-state index is 0.0787. The number of aromatic nitrogens is 2. The fraction of sp³-hybridized carbons (Fsp3) is 0.250. The van der Waals surface area contributed by atoms with Gasteiger partial charge in [0.25, 0.3) is 5.56 Å². The van der Waals surface area contributed by atoms with Crippen LogP contribution in [0, 0.1) is 6.92 Å². The molecule has 5 nitrogen and oxygen atoms in total.